The maximum Gasteiger partial charge on any atom is 0.258 e. The van der Waals surface area contributed by atoms with Gasteiger partial charge in [0.2, 0.25) is 5.91 Å². The molecule has 2 aliphatic heterocycles. The molecule has 3 aromatic rings. The third-order valence-electron chi connectivity index (χ3n) is 8.01. The summed E-state index contributed by atoms with van der Waals surface area (Å²) >= 11 is 0. The summed E-state index contributed by atoms with van der Waals surface area (Å²) in [6.45, 7) is 1.40. The van der Waals surface area contributed by atoms with Crippen molar-refractivity contribution in [2.24, 2.45) is 17.8 Å². The van der Waals surface area contributed by atoms with Gasteiger partial charge >= 0.3 is 0 Å². The zero-order valence-corrected chi connectivity index (χ0v) is 19.9. The molecule has 1 aromatic carbocycles. The number of hydrogen-bond donors (Lipinski definition) is 2. The molecule has 4 atom stereocenters. The first-order valence-electron chi connectivity index (χ1n) is 12.6. The first-order chi connectivity index (χ1) is 17.6. The number of carbonyl (C=O) groups excluding carboxylic acids is 1. The van der Waals surface area contributed by atoms with Gasteiger partial charge in [-0.2, -0.15) is 0 Å². The van der Waals surface area contributed by atoms with E-state index >= 15 is 0 Å². The van der Waals surface area contributed by atoms with Gasteiger partial charge in [0.05, 0.1) is 17.5 Å². The van der Waals surface area contributed by atoms with Crippen LogP contribution in [0.4, 0.5) is 4.39 Å². The van der Waals surface area contributed by atoms with Gasteiger partial charge in [0.15, 0.2) is 0 Å². The minimum atomic E-state index is -0.493. The molecule has 2 bridgehead atoms. The van der Waals surface area contributed by atoms with Crippen LogP contribution in [0.1, 0.15) is 30.1 Å². The summed E-state index contributed by atoms with van der Waals surface area (Å²) in [4.78, 5) is 33.5. The number of fused-ring (bicyclic) bond motifs is 4. The van der Waals surface area contributed by atoms with E-state index in [1.807, 2.05) is 18.2 Å². The minimum Gasteiger partial charge on any atom is -0.396 e. The predicted octanol–water partition coefficient (Wildman–Crippen LogP) is 2.74. The van der Waals surface area contributed by atoms with Crippen LogP contribution in [0.5, 0.6) is 0 Å². The van der Waals surface area contributed by atoms with Gasteiger partial charge < -0.3 is 15.0 Å². The van der Waals surface area contributed by atoms with Crippen molar-refractivity contribution in [3.63, 3.8) is 0 Å². The zero-order chi connectivity index (χ0) is 24.8. The molecular weight excluding hydrogens is 459 g/mol. The SMILES string of the molecule is O=C(NCC1CC1)[C@H]1[C@H](CO)[C@H]2Cn3c(ccc(-c4ccccc4F)c3=O)[C@@H]1N2Cc1ccncc1. The number of aliphatic hydroxyl groups is 1. The largest absolute Gasteiger partial charge is 0.396 e. The zero-order valence-electron chi connectivity index (χ0n) is 19.9. The van der Waals surface area contributed by atoms with Crippen LogP contribution in [-0.2, 0) is 17.9 Å². The fourth-order valence-electron chi connectivity index (χ4n) is 6.01. The fourth-order valence-corrected chi connectivity index (χ4v) is 6.01. The van der Waals surface area contributed by atoms with Crippen molar-refractivity contribution in [2.75, 3.05) is 13.2 Å². The van der Waals surface area contributed by atoms with Crippen LogP contribution in [-0.4, -0.2) is 44.7 Å². The van der Waals surface area contributed by atoms with E-state index in [1.165, 1.54) is 6.07 Å². The van der Waals surface area contributed by atoms with E-state index in [9.17, 15) is 19.1 Å². The Balaban J connectivity index is 1.44. The van der Waals surface area contributed by atoms with Gasteiger partial charge in [-0.1, -0.05) is 18.2 Å². The number of halogens is 1. The molecule has 186 valence electrons. The van der Waals surface area contributed by atoms with Gasteiger partial charge in [-0.25, -0.2) is 4.39 Å². The molecule has 7 nitrogen and oxygen atoms in total. The first kappa shape index (κ1) is 23.1. The number of hydrogen-bond acceptors (Lipinski definition) is 5. The Morgan fingerprint density at radius 3 is 2.58 bits per heavy atom. The average Bonchev–Trinajstić information content (AvgIpc) is 3.69. The monoisotopic (exact) mass is 488 g/mol. The van der Waals surface area contributed by atoms with Crippen LogP contribution in [0.15, 0.2) is 65.7 Å². The predicted molar refractivity (Wildman–Crippen MR) is 132 cm³/mol. The second-order valence-corrected chi connectivity index (χ2v) is 10.2. The van der Waals surface area contributed by atoms with E-state index in [4.69, 9.17) is 0 Å². The minimum absolute atomic E-state index is 0.0766. The molecule has 1 saturated heterocycles. The topological polar surface area (TPSA) is 87.5 Å². The maximum absolute atomic E-state index is 14.5. The number of nitrogens with one attached hydrogen (secondary N) is 1. The van der Waals surface area contributed by atoms with Crippen molar-refractivity contribution in [1.29, 1.82) is 0 Å². The lowest BCUT2D eigenvalue weighted by molar-refractivity contribution is -0.127. The Hall–Kier alpha value is -3.36. The summed E-state index contributed by atoms with van der Waals surface area (Å²) in [6, 6.07) is 13.1. The van der Waals surface area contributed by atoms with E-state index in [0.29, 0.717) is 31.1 Å². The van der Waals surface area contributed by atoms with Crippen LogP contribution < -0.4 is 10.9 Å². The number of aromatic nitrogens is 2. The van der Waals surface area contributed by atoms with Crippen molar-refractivity contribution in [1.82, 2.24) is 19.8 Å². The lowest BCUT2D eigenvalue weighted by atomic mass is 9.86. The van der Waals surface area contributed by atoms with Crippen molar-refractivity contribution in [3.8, 4) is 11.1 Å². The van der Waals surface area contributed by atoms with Gasteiger partial charge in [-0.15, -0.1) is 0 Å². The van der Waals surface area contributed by atoms with E-state index in [1.54, 1.807) is 41.2 Å². The van der Waals surface area contributed by atoms with Crippen molar-refractivity contribution in [3.05, 3.63) is 88.4 Å². The van der Waals surface area contributed by atoms with Crippen molar-refractivity contribution >= 4 is 5.91 Å². The Morgan fingerprint density at radius 1 is 1.08 bits per heavy atom. The highest BCUT2D eigenvalue weighted by Gasteiger charge is 2.55. The maximum atomic E-state index is 14.5. The molecule has 1 amide bonds. The van der Waals surface area contributed by atoms with Crippen LogP contribution in [0, 0.1) is 23.6 Å². The van der Waals surface area contributed by atoms with Crippen LogP contribution >= 0.6 is 0 Å². The highest BCUT2D eigenvalue weighted by Crippen LogP contribution is 2.49. The second kappa shape index (κ2) is 9.26. The van der Waals surface area contributed by atoms with E-state index in [0.717, 1.165) is 24.1 Å². The van der Waals surface area contributed by atoms with Crippen LogP contribution in [0.2, 0.25) is 0 Å². The molecular formula is C28H29FN4O3. The molecule has 8 heteroatoms. The molecule has 1 saturated carbocycles. The molecule has 2 fully saturated rings. The first-order valence-corrected chi connectivity index (χ1v) is 12.6. The Kier molecular flexibility index (Phi) is 5.93. The summed E-state index contributed by atoms with van der Waals surface area (Å²) in [5, 5.41) is 13.6. The molecule has 0 radical (unpaired) electrons. The number of pyridine rings is 2. The standard InChI is InChI=1S/C28H29FN4O3/c29-22-4-2-1-3-19(22)20-7-8-23-26-25(27(35)31-13-17-5-6-17)21(16-34)24(15-33(23)28(20)36)32(26)14-18-9-11-30-12-10-18/h1-4,7-12,17,21,24-26,34H,5-6,13-16H2,(H,31,35)/t21-,24-,25+,26+/m1/s1. The van der Waals surface area contributed by atoms with E-state index in [2.05, 4.69) is 15.2 Å². The number of amides is 1. The lowest BCUT2D eigenvalue weighted by Crippen LogP contribution is -2.46. The molecule has 36 heavy (non-hydrogen) atoms. The Bertz CT molecular complexity index is 1340. The highest BCUT2D eigenvalue weighted by atomic mass is 19.1. The average molecular weight is 489 g/mol. The summed E-state index contributed by atoms with van der Waals surface area (Å²) < 4.78 is 16.2. The van der Waals surface area contributed by atoms with Crippen molar-refractivity contribution < 1.29 is 14.3 Å². The Morgan fingerprint density at radius 2 is 1.86 bits per heavy atom. The molecule has 4 heterocycles. The quantitative estimate of drug-likeness (QED) is 0.534. The summed E-state index contributed by atoms with van der Waals surface area (Å²) in [5.74, 6) is -0.806. The fraction of sp³-hybridized carbons (Fsp3) is 0.393. The molecule has 2 aromatic heterocycles. The molecule has 0 spiro atoms. The molecule has 0 unspecified atom stereocenters. The van der Waals surface area contributed by atoms with E-state index < -0.39 is 11.7 Å². The number of benzene rings is 1. The van der Waals surface area contributed by atoms with Gasteiger partial charge in [0.25, 0.3) is 5.56 Å². The number of rotatable bonds is 7. The molecule has 1 aliphatic carbocycles. The van der Waals surface area contributed by atoms with Crippen LogP contribution in [0.25, 0.3) is 11.1 Å². The van der Waals surface area contributed by atoms with Gasteiger partial charge in [0, 0.05) is 61.9 Å². The van der Waals surface area contributed by atoms with Crippen molar-refractivity contribution in [2.45, 2.75) is 38.0 Å². The summed E-state index contributed by atoms with van der Waals surface area (Å²) in [7, 11) is 0. The lowest BCUT2D eigenvalue weighted by Gasteiger charge is -2.38. The number of carbonyl (C=O) groups is 1. The smallest absolute Gasteiger partial charge is 0.258 e. The molecule has 2 N–H and O–H groups in total. The van der Waals surface area contributed by atoms with Gasteiger partial charge in [-0.3, -0.25) is 19.5 Å². The third kappa shape index (κ3) is 3.94. The Labute approximate surface area is 208 Å². The normalized spacial score (nSPS) is 24.9. The third-order valence-corrected chi connectivity index (χ3v) is 8.01. The number of nitrogens with zero attached hydrogens (tertiary/aromatic N) is 3. The number of aliphatic hydroxyl groups excluding tert-OH is 1. The highest BCUT2D eigenvalue weighted by molar-refractivity contribution is 5.81. The second-order valence-electron chi connectivity index (χ2n) is 10.2. The van der Waals surface area contributed by atoms with Crippen LogP contribution in [0.3, 0.4) is 0 Å². The molecule has 6 rings (SSSR count). The molecule has 3 aliphatic rings. The summed E-state index contributed by atoms with van der Waals surface area (Å²) in [6.07, 6.45) is 5.74. The summed E-state index contributed by atoms with van der Waals surface area (Å²) in [5.41, 5.74) is 2.07. The van der Waals surface area contributed by atoms with Gasteiger partial charge in [-0.05, 0) is 54.7 Å². The van der Waals surface area contributed by atoms with E-state index in [-0.39, 0.29) is 41.6 Å². The van der Waals surface area contributed by atoms with Gasteiger partial charge in [0.1, 0.15) is 5.82 Å².